The molecule has 0 fully saturated rings. The second kappa shape index (κ2) is 6.48. The zero-order valence-electron chi connectivity index (χ0n) is 12.5. The molecule has 0 spiro atoms. The number of nitrogens with two attached hydrogens (primary N) is 1. The first-order valence-corrected chi connectivity index (χ1v) is 9.52. The van der Waals surface area contributed by atoms with Gasteiger partial charge in [-0.25, -0.2) is 18.2 Å². The van der Waals surface area contributed by atoms with Crippen LogP contribution in [0, 0.1) is 0 Å². The van der Waals surface area contributed by atoms with Gasteiger partial charge >= 0.3 is 0 Å². The van der Waals surface area contributed by atoms with Gasteiger partial charge in [0.05, 0.1) is 5.02 Å². The Labute approximate surface area is 147 Å². The SMILES string of the molecule is Cn1nnnc1-c1cc(S(N)(=O)=O)c(Cl)cc1NCc1cccs1. The highest BCUT2D eigenvalue weighted by atomic mass is 35.5. The van der Waals surface area contributed by atoms with E-state index in [1.807, 2.05) is 17.5 Å². The fraction of sp³-hybridized carbons (Fsp3) is 0.154. The topological polar surface area (TPSA) is 116 Å². The van der Waals surface area contributed by atoms with Crippen LogP contribution in [-0.2, 0) is 23.6 Å². The number of aromatic nitrogens is 4. The fourth-order valence-electron chi connectivity index (χ4n) is 2.16. The molecule has 2 heterocycles. The lowest BCUT2D eigenvalue weighted by molar-refractivity contribution is 0.598. The highest BCUT2D eigenvalue weighted by molar-refractivity contribution is 7.89. The molecule has 3 rings (SSSR count). The number of hydrogen-bond acceptors (Lipinski definition) is 7. The van der Waals surface area contributed by atoms with Crippen molar-refractivity contribution in [1.29, 1.82) is 0 Å². The number of nitrogens with one attached hydrogen (secondary N) is 1. The van der Waals surface area contributed by atoms with Gasteiger partial charge in [-0.1, -0.05) is 17.7 Å². The van der Waals surface area contributed by atoms with Crippen molar-refractivity contribution in [3.63, 3.8) is 0 Å². The van der Waals surface area contributed by atoms with E-state index in [1.54, 1.807) is 18.4 Å². The Hall–Kier alpha value is -2.01. The van der Waals surface area contributed by atoms with Crippen molar-refractivity contribution < 1.29 is 8.42 Å². The van der Waals surface area contributed by atoms with E-state index in [9.17, 15) is 8.42 Å². The molecular weight excluding hydrogens is 372 g/mol. The maximum atomic E-state index is 11.7. The Balaban J connectivity index is 2.09. The molecule has 0 aliphatic heterocycles. The highest BCUT2D eigenvalue weighted by Crippen LogP contribution is 2.34. The number of primary sulfonamides is 1. The van der Waals surface area contributed by atoms with Gasteiger partial charge in [-0.05, 0) is 34.0 Å². The average molecular weight is 385 g/mol. The van der Waals surface area contributed by atoms with Gasteiger partial charge < -0.3 is 5.32 Å². The van der Waals surface area contributed by atoms with E-state index < -0.39 is 10.0 Å². The maximum Gasteiger partial charge on any atom is 0.239 e. The monoisotopic (exact) mass is 384 g/mol. The van der Waals surface area contributed by atoms with Crippen LogP contribution in [-0.4, -0.2) is 28.6 Å². The Morgan fingerprint density at radius 2 is 2.21 bits per heavy atom. The molecule has 11 heteroatoms. The van der Waals surface area contributed by atoms with E-state index in [2.05, 4.69) is 20.8 Å². The van der Waals surface area contributed by atoms with Gasteiger partial charge in [0.15, 0.2) is 5.82 Å². The predicted molar refractivity (Wildman–Crippen MR) is 92.3 cm³/mol. The molecule has 2 aromatic heterocycles. The van der Waals surface area contributed by atoms with E-state index in [4.69, 9.17) is 16.7 Å². The number of sulfonamides is 1. The zero-order valence-corrected chi connectivity index (χ0v) is 14.9. The number of aryl methyl sites for hydroxylation is 1. The number of hydrogen-bond donors (Lipinski definition) is 2. The minimum atomic E-state index is -3.97. The number of tetrazole rings is 1. The molecule has 24 heavy (non-hydrogen) atoms. The summed E-state index contributed by atoms with van der Waals surface area (Å²) in [7, 11) is -2.31. The lowest BCUT2D eigenvalue weighted by Crippen LogP contribution is -2.14. The number of thiophene rings is 1. The number of nitrogens with zero attached hydrogens (tertiary/aromatic N) is 4. The minimum absolute atomic E-state index is 0.0325. The van der Waals surface area contributed by atoms with Crippen LogP contribution in [0.4, 0.5) is 5.69 Å². The molecule has 0 atom stereocenters. The summed E-state index contributed by atoms with van der Waals surface area (Å²) in [5.74, 6) is 0.394. The second-order valence-corrected chi connectivity index (χ2v) is 7.90. The van der Waals surface area contributed by atoms with Crippen molar-refractivity contribution in [3.8, 4) is 11.4 Å². The van der Waals surface area contributed by atoms with Crippen molar-refractivity contribution in [2.45, 2.75) is 11.4 Å². The minimum Gasteiger partial charge on any atom is -0.380 e. The molecule has 0 aliphatic rings. The van der Waals surface area contributed by atoms with Crippen LogP contribution < -0.4 is 10.5 Å². The van der Waals surface area contributed by atoms with Crippen LogP contribution in [0.5, 0.6) is 0 Å². The van der Waals surface area contributed by atoms with E-state index in [1.165, 1.54) is 16.8 Å². The summed E-state index contributed by atoms with van der Waals surface area (Å²) in [6.45, 7) is 0.557. The van der Waals surface area contributed by atoms with Gasteiger partial charge in [0, 0.05) is 29.7 Å². The molecule has 0 radical (unpaired) electrons. The second-order valence-electron chi connectivity index (χ2n) is 4.93. The fourth-order valence-corrected chi connectivity index (χ4v) is 3.90. The zero-order chi connectivity index (χ0) is 17.3. The van der Waals surface area contributed by atoms with Gasteiger partial charge in [0.2, 0.25) is 10.0 Å². The van der Waals surface area contributed by atoms with Gasteiger partial charge in [0.25, 0.3) is 0 Å². The number of benzene rings is 1. The lowest BCUT2D eigenvalue weighted by Gasteiger charge is -2.13. The van der Waals surface area contributed by atoms with Crippen molar-refractivity contribution >= 4 is 38.6 Å². The smallest absolute Gasteiger partial charge is 0.239 e. The van der Waals surface area contributed by atoms with Crippen LogP contribution in [0.1, 0.15) is 4.88 Å². The number of anilines is 1. The highest BCUT2D eigenvalue weighted by Gasteiger charge is 2.20. The third-order valence-corrected chi connectivity index (χ3v) is 5.52. The molecule has 0 saturated heterocycles. The summed E-state index contributed by atoms with van der Waals surface area (Å²) in [6, 6.07) is 6.83. The van der Waals surface area contributed by atoms with Gasteiger partial charge in [-0.3, -0.25) is 0 Å². The standard InChI is InChI=1S/C13H13ClN6O2S2/c1-20-13(17-18-19-20)9-5-12(24(15,21)22)10(14)6-11(9)16-7-8-3-2-4-23-8/h2-6,16H,7H2,1H3,(H2,15,21,22). The van der Waals surface area contributed by atoms with Gasteiger partial charge in [-0.15, -0.1) is 16.4 Å². The Morgan fingerprint density at radius 1 is 1.42 bits per heavy atom. The van der Waals surface area contributed by atoms with E-state index in [0.29, 0.717) is 23.6 Å². The van der Waals surface area contributed by atoms with E-state index in [-0.39, 0.29) is 9.92 Å². The third kappa shape index (κ3) is 3.41. The average Bonchev–Trinajstić information content (AvgIpc) is 3.15. The van der Waals surface area contributed by atoms with Crippen LogP contribution in [0.25, 0.3) is 11.4 Å². The van der Waals surface area contributed by atoms with E-state index in [0.717, 1.165) is 4.88 Å². The van der Waals surface area contributed by atoms with Gasteiger partial charge in [-0.2, -0.15) is 0 Å². The largest absolute Gasteiger partial charge is 0.380 e. The van der Waals surface area contributed by atoms with E-state index >= 15 is 0 Å². The predicted octanol–water partition coefficient (Wildman–Crippen LogP) is 1.85. The molecule has 0 unspecified atom stereocenters. The number of halogens is 1. The molecule has 3 aromatic rings. The Bertz CT molecular complexity index is 969. The molecule has 1 aromatic carbocycles. The summed E-state index contributed by atoms with van der Waals surface area (Å²) < 4.78 is 24.9. The molecule has 8 nitrogen and oxygen atoms in total. The summed E-state index contributed by atoms with van der Waals surface area (Å²) in [6.07, 6.45) is 0. The molecular formula is C13H13ClN6O2S2. The molecule has 0 amide bonds. The molecule has 126 valence electrons. The van der Waals surface area contributed by atoms with Crippen molar-refractivity contribution in [2.24, 2.45) is 12.2 Å². The van der Waals surface area contributed by atoms with Crippen LogP contribution >= 0.6 is 22.9 Å². The summed E-state index contributed by atoms with van der Waals surface area (Å²) in [5.41, 5.74) is 1.10. The maximum absolute atomic E-state index is 11.7. The molecule has 0 saturated carbocycles. The summed E-state index contributed by atoms with van der Waals surface area (Å²) >= 11 is 7.70. The normalized spacial score (nSPS) is 11.6. The Kier molecular flexibility index (Phi) is 4.54. The van der Waals surface area contributed by atoms with Crippen molar-refractivity contribution in [3.05, 3.63) is 39.5 Å². The van der Waals surface area contributed by atoms with Crippen LogP contribution in [0.2, 0.25) is 5.02 Å². The van der Waals surface area contributed by atoms with Crippen LogP contribution in [0.15, 0.2) is 34.5 Å². The lowest BCUT2D eigenvalue weighted by atomic mass is 10.1. The molecule has 3 N–H and O–H groups in total. The van der Waals surface area contributed by atoms with Crippen LogP contribution in [0.3, 0.4) is 0 Å². The van der Waals surface area contributed by atoms with Crippen molar-refractivity contribution in [1.82, 2.24) is 20.2 Å². The first-order chi connectivity index (χ1) is 11.4. The summed E-state index contributed by atoms with van der Waals surface area (Å²) in [5, 5.41) is 21.8. The quantitative estimate of drug-likeness (QED) is 0.693. The van der Waals surface area contributed by atoms with Crippen molar-refractivity contribution in [2.75, 3.05) is 5.32 Å². The molecule has 0 aliphatic carbocycles. The first kappa shape index (κ1) is 16.8. The summed E-state index contributed by atoms with van der Waals surface area (Å²) in [4.78, 5) is 0.938. The first-order valence-electron chi connectivity index (χ1n) is 6.71. The molecule has 0 bridgehead atoms. The Morgan fingerprint density at radius 3 is 2.79 bits per heavy atom. The third-order valence-electron chi connectivity index (χ3n) is 3.27. The number of rotatable bonds is 5. The van der Waals surface area contributed by atoms with Gasteiger partial charge in [0.1, 0.15) is 4.90 Å².